The van der Waals surface area contributed by atoms with Gasteiger partial charge in [-0.3, -0.25) is 9.69 Å². The zero-order valence-corrected chi connectivity index (χ0v) is 13.9. The number of carboxylic acid groups (broad SMARTS) is 1. The molecule has 0 spiro atoms. The molecule has 0 amide bonds. The van der Waals surface area contributed by atoms with E-state index < -0.39 is 11.5 Å². The number of rotatable bonds is 7. The fourth-order valence-electron chi connectivity index (χ4n) is 2.55. The molecule has 118 valence electrons. The molecule has 4 nitrogen and oxygen atoms in total. The first kappa shape index (κ1) is 17.5. The van der Waals surface area contributed by atoms with Crippen LogP contribution in [0.15, 0.2) is 24.3 Å². The Hall–Kier alpha value is -1.55. The van der Waals surface area contributed by atoms with Gasteiger partial charge in [0.25, 0.3) is 0 Å². The summed E-state index contributed by atoms with van der Waals surface area (Å²) in [6, 6.07) is 7.90. The summed E-state index contributed by atoms with van der Waals surface area (Å²) in [7, 11) is 0. The van der Waals surface area contributed by atoms with Crippen LogP contribution < -0.4 is 4.74 Å². The minimum absolute atomic E-state index is 0.0224. The van der Waals surface area contributed by atoms with Crippen molar-refractivity contribution in [2.75, 3.05) is 6.54 Å². The van der Waals surface area contributed by atoms with E-state index in [0.29, 0.717) is 6.54 Å². The van der Waals surface area contributed by atoms with Crippen molar-refractivity contribution in [3.63, 3.8) is 0 Å². The molecule has 1 rings (SSSR count). The Bertz CT molecular complexity index is 465. The van der Waals surface area contributed by atoms with Crippen molar-refractivity contribution in [1.29, 1.82) is 0 Å². The van der Waals surface area contributed by atoms with Gasteiger partial charge in [0, 0.05) is 6.04 Å². The second-order valence-electron chi connectivity index (χ2n) is 6.06. The summed E-state index contributed by atoms with van der Waals surface area (Å²) in [4.78, 5) is 13.5. The molecular formula is C17H27NO3. The molecule has 1 N–H and O–H groups in total. The van der Waals surface area contributed by atoms with Crippen LogP contribution in [-0.2, 0) is 4.79 Å². The van der Waals surface area contributed by atoms with Gasteiger partial charge >= 0.3 is 5.97 Å². The van der Waals surface area contributed by atoms with Gasteiger partial charge in [0.05, 0.1) is 6.10 Å². The predicted octanol–water partition coefficient (Wildman–Crippen LogP) is 3.72. The SMILES string of the molecule is CCN(C(C)c1ccc(OC(C)C)cc1)C(C)(C)C(=O)O. The Kier molecular flexibility index (Phi) is 5.78. The number of hydrogen-bond acceptors (Lipinski definition) is 3. The number of aliphatic carboxylic acids is 1. The summed E-state index contributed by atoms with van der Waals surface area (Å²) in [5, 5.41) is 9.42. The molecule has 0 radical (unpaired) electrons. The number of likely N-dealkylation sites (N-methyl/N-ethyl adjacent to an activating group) is 1. The molecule has 21 heavy (non-hydrogen) atoms. The van der Waals surface area contributed by atoms with Gasteiger partial charge in [-0.25, -0.2) is 0 Å². The lowest BCUT2D eigenvalue weighted by atomic mass is 9.97. The molecule has 0 heterocycles. The number of carboxylic acids is 1. The lowest BCUT2D eigenvalue weighted by Gasteiger charge is -2.39. The van der Waals surface area contributed by atoms with Crippen LogP contribution in [0.3, 0.4) is 0 Å². The Morgan fingerprint density at radius 3 is 2.14 bits per heavy atom. The highest BCUT2D eigenvalue weighted by molar-refractivity contribution is 5.77. The molecule has 1 aromatic rings. The third-order valence-corrected chi connectivity index (χ3v) is 3.78. The van der Waals surface area contributed by atoms with E-state index in [1.165, 1.54) is 0 Å². The first-order valence-corrected chi connectivity index (χ1v) is 7.46. The average Bonchev–Trinajstić information content (AvgIpc) is 2.39. The van der Waals surface area contributed by atoms with Crippen molar-refractivity contribution in [2.24, 2.45) is 0 Å². The van der Waals surface area contributed by atoms with Gasteiger partial charge < -0.3 is 9.84 Å². The Balaban J connectivity index is 2.95. The molecule has 0 bridgehead atoms. The highest BCUT2D eigenvalue weighted by Crippen LogP contribution is 2.29. The molecule has 1 atom stereocenters. The van der Waals surface area contributed by atoms with E-state index in [1.54, 1.807) is 13.8 Å². The zero-order chi connectivity index (χ0) is 16.2. The van der Waals surface area contributed by atoms with E-state index in [2.05, 4.69) is 0 Å². The molecule has 0 aliphatic heterocycles. The van der Waals surface area contributed by atoms with Crippen molar-refractivity contribution in [2.45, 2.75) is 59.2 Å². The van der Waals surface area contributed by atoms with Crippen LogP contribution in [0, 0.1) is 0 Å². The van der Waals surface area contributed by atoms with Crippen molar-refractivity contribution < 1.29 is 14.6 Å². The van der Waals surface area contributed by atoms with Crippen LogP contribution in [0.4, 0.5) is 0 Å². The fraction of sp³-hybridized carbons (Fsp3) is 0.588. The normalized spacial score (nSPS) is 13.5. The summed E-state index contributed by atoms with van der Waals surface area (Å²) >= 11 is 0. The summed E-state index contributed by atoms with van der Waals surface area (Å²) in [5.41, 5.74) is 0.184. The standard InChI is InChI=1S/C17H27NO3/c1-7-18(17(5,6)16(19)20)13(4)14-8-10-15(11-9-14)21-12(2)3/h8-13H,7H2,1-6H3,(H,19,20). The quantitative estimate of drug-likeness (QED) is 0.832. The van der Waals surface area contributed by atoms with E-state index in [9.17, 15) is 9.90 Å². The summed E-state index contributed by atoms with van der Waals surface area (Å²) < 4.78 is 5.63. The van der Waals surface area contributed by atoms with E-state index in [1.807, 2.05) is 56.9 Å². The van der Waals surface area contributed by atoms with Crippen LogP contribution in [0.1, 0.15) is 53.1 Å². The molecule has 0 fully saturated rings. The maximum absolute atomic E-state index is 11.5. The second kappa shape index (κ2) is 6.94. The third kappa shape index (κ3) is 4.21. The van der Waals surface area contributed by atoms with Crippen LogP contribution in [-0.4, -0.2) is 34.2 Å². The highest BCUT2D eigenvalue weighted by Gasteiger charge is 2.36. The minimum atomic E-state index is -0.902. The van der Waals surface area contributed by atoms with Crippen molar-refractivity contribution >= 4 is 5.97 Å². The van der Waals surface area contributed by atoms with E-state index in [0.717, 1.165) is 11.3 Å². The molecule has 0 saturated heterocycles. The number of nitrogens with zero attached hydrogens (tertiary/aromatic N) is 1. The molecule has 1 aromatic carbocycles. The first-order chi connectivity index (χ1) is 9.70. The van der Waals surface area contributed by atoms with Gasteiger partial charge in [0.15, 0.2) is 0 Å². The largest absolute Gasteiger partial charge is 0.491 e. The van der Waals surface area contributed by atoms with E-state index in [4.69, 9.17) is 4.74 Å². The van der Waals surface area contributed by atoms with Crippen molar-refractivity contribution in [3.05, 3.63) is 29.8 Å². The van der Waals surface area contributed by atoms with Crippen LogP contribution >= 0.6 is 0 Å². The summed E-state index contributed by atoms with van der Waals surface area (Å²) in [6.45, 7) is 12.2. The molecular weight excluding hydrogens is 266 g/mol. The first-order valence-electron chi connectivity index (χ1n) is 7.46. The summed E-state index contributed by atoms with van der Waals surface area (Å²) in [5.74, 6) is 0.0254. The van der Waals surface area contributed by atoms with Crippen LogP contribution in [0.25, 0.3) is 0 Å². The van der Waals surface area contributed by atoms with Crippen LogP contribution in [0.5, 0.6) is 5.75 Å². The van der Waals surface area contributed by atoms with Gasteiger partial charge in [-0.2, -0.15) is 0 Å². The Labute approximate surface area is 127 Å². The lowest BCUT2D eigenvalue weighted by Crippen LogP contribution is -2.50. The average molecular weight is 293 g/mol. The van der Waals surface area contributed by atoms with Crippen LogP contribution in [0.2, 0.25) is 0 Å². The fourth-order valence-corrected chi connectivity index (χ4v) is 2.55. The molecule has 0 aromatic heterocycles. The summed E-state index contributed by atoms with van der Waals surface area (Å²) in [6.07, 6.45) is 0.145. The van der Waals surface area contributed by atoms with Gasteiger partial charge in [0.1, 0.15) is 11.3 Å². The molecule has 0 saturated carbocycles. The predicted molar refractivity (Wildman–Crippen MR) is 84.7 cm³/mol. The number of carbonyl (C=O) groups is 1. The minimum Gasteiger partial charge on any atom is -0.491 e. The van der Waals surface area contributed by atoms with Gasteiger partial charge in [-0.1, -0.05) is 19.1 Å². The zero-order valence-electron chi connectivity index (χ0n) is 13.9. The van der Waals surface area contributed by atoms with E-state index >= 15 is 0 Å². The molecule has 0 aliphatic rings. The number of hydrogen-bond donors (Lipinski definition) is 1. The number of benzene rings is 1. The number of ether oxygens (including phenoxy) is 1. The maximum Gasteiger partial charge on any atom is 0.323 e. The van der Waals surface area contributed by atoms with Gasteiger partial charge in [0.2, 0.25) is 0 Å². The molecule has 4 heteroatoms. The van der Waals surface area contributed by atoms with Gasteiger partial charge in [-0.05, 0) is 58.9 Å². The van der Waals surface area contributed by atoms with E-state index in [-0.39, 0.29) is 12.1 Å². The molecule has 0 aliphatic carbocycles. The van der Waals surface area contributed by atoms with Crippen molar-refractivity contribution in [1.82, 2.24) is 4.90 Å². The van der Waals surface area contributed by atoms with Gasteiger partial charge in [-0.15, -0.1) is 0 Å². The maximum atomic E-state index is 11.5. The monoisotopic (exact) mass is 293 g/mol. The lowest BCUT2D eigenvalue weighted by molar-refractivity contribution is -0.150. The topological polar surface area (TPSA) is 49.8 Å². The molecule has 1 unspecified atom stereocenters. The van der Waals surface area contributed by atoms with Crippen molar-refractivity contribution in [3.8, 4) is 5.75 Å². The second-order valence-corrected chi connectivity index (χ2v) is 6.06. The Morgan fingerprint density at radius 2 is 1.76 bits per heavy atom. The highest BCUT2D eigenvalue weighted by atomic mass is 16.5. The smallest absolute Gasteiger partial charge is 0.323 e. The third-order valence-electron chi connectivity index (χ3n) is 3.78. The Morgan fingerprint density at radius 1 is 1.24 bits per heavy atom.